The van der Waals surface area contributed by atoms with Gasteiger partial charge in [0.05, 0.1) is 0 Å². The first-order valence-corrected chi connectivity index (χ1v) is 49.9. The number of hydrogen-bond donors (Lipinski definition) is 0. The molecule has 0 saturated carbocycles. The molecule has 6 rings (SSSR count). The lowest BCUT2D eigenvalue weighted by atomic mass is 10.3. The van der Waals surface area contributed by atoms with Crippen LogP contribution in [0.15, 0.2) is 0 Å². The summed E-state index contributed by atoms with van der Waals surface area (Å²) < 4.78 is 122. The summed E-state index contributed by atoms with van der Waals surface area (Å²) in [6.45, 7) is 62.9. The van der Waals surface area contributed by atoms with Crippen LogP contribution < -0.4 is 0 Å². The third-order valence-electron chi connectivity index (χ3n) is 11.4. The minimum atomic E-state index is -5.02. The van der Waals surface area contributed by atoms with Crippen molar-refractivity contribution in [3.05, 3.63) is 0 Å². The summed E-state index contributed by atoms with van der Waals surface area (Å²) >= 11 is 0. The van der Waals surface area contributed by atoms with Crippen LogP contribution in [-0.2, 0) is 61.7 Å². The Bertz CT molecular complexity index is 1580. The lowest BCUT2D eigenvalue weighted by molar-refractivity contribution is -0.0612. The Morgan fingerprint density at radius 3 is 0.469 bits per heavy atom. The SMILES string of the molecule is CC(C)(C)[Si]12O[Si]3(C(C)(C)C)O[Si]4(C(C)(C)C)O[Si](C(C)(C)C)(O1)O[Si]1(C(C)(C)C)O[Si](C(C)(C)C)(O2)O[Si](C(C)(C)C)(O3)O[Si]([Si](O[Si](C)(C)C)(O[Si](C)(C)C)O[Si](C)(C)C)(O4)O1. The van der Waals surface area contributed by atoms with E-state index in [2.05, 4.69) is 204 Å². The fraction of sp³-hybridized carbons (Fsp3) is 1.00. The highest BCUT2D eigenvalue weighted by Gasteiger charge is 2.94. The van der Waals surface area contributed by atoms with Crippen LogP contribution in [0.2, 0.25) is 94.2 Å². The van der Waals surface area contributed by atoms with E-state index in [-0.39, 0.29) is 0 Å². The van der Waals surface area contributed by atoms with Crippen molar-refractivity contribution < 1.29 is 61.7 Å². The van der Waals surface area contributed by atoms with Crippen LogP contribution in [0.4, 0.5) is 0 Å². The number of hydrogen-bond acceptors (Lipinski definition) is 15. The fourth-order valence-electron chi connectivity index (χ4n) is 7.48. The molecule has 0 amide bonds. The van der Waals surface area contributed by atoms with E-state index >= 15 is 0 Å². The second-order valence-electron chi connectivity index (χ2n) is 28.6. The van der Waals surface area contributed by atoms with Crippen LogP contribution in [-0.4, -0.2) is 103 Å². The van der Waals surface area contributed by atoms with Gasteiger partial charge >= 0.3 is 78.3 Å². The lowest BCUT2D eigenvalue weighted by Gasteiger charge is -2.70. The van der Waals surface area contributed by atoms with Gasteiger partial charge in [-0.3, -0.25) is 0 Å². The Labute approximate surface area is 402 Å². The van der Waals surface area contributed by atoms with Crippen molar-refractivity contribution in [2.75, 3.05) is 0 Å². The van der Waals surface area contributed by atoms with Crippen molar-refractivity contribution in [3.63, 3.8) is 0 Å². The van der Waals surface area contributed by atoms with Crippen molar-refractivity contribution in [3.8, 4) is 0 Å². The summed E-state index contributed by atoms with van der Waals surface area (Å²) in [4.78, 5) is 0. The normalized spacial score (nSPS) is 38.7. The average molecular weight is 1110 g/mol. The Hall–Kier alpha value is 2.00. The van der Waals surface area contributed by atoms with Crippen LogP contribution >= 0.6 is 0 Å². The van der Waals surface area contributed by atoms with Gasteiger partial charge < -0.3 is 61.7 Å². The maximum absolute atomic E-state index is 8.41. The topological polar surface area (TPSA) is 138 Å². The molecule has 0 aromatic carbocycles. The second kappa shape index (κ2) is 15.5. The molecule has 6 aliphatic heterocycles. The largest absolute Gasteiger partial charge is 0.553 e. The van der Waals surface area contributed by atoms with E-state index in [0.29, 0.717) is 0 Å². The van der Waals surface area contributed by atoms with Crippen LogP contribution in [0.1, 0.15) is 145 Å². The maximum atomic E-state index is 8.41. The van der Waals surface area contributed by atoms with Gasteiger partial charge in [0.15, 0.2) is 25.0 Å². The molecule has 64 heavy (non-hydrogen) atoms. The Morgan fingerprint density at radius 1 is 0.234 bits per heavy atom. The molecule has 0 aromatic heterocycles. The Balaban J connectivity index is 2.27. The van der Waals surface area contributed by atoms with Gasteiger partial charge in [0.1, 0.15) is 0 Å². The second-order valence-corrected chi connectivity index (χ2v) is 77.7. The molecule has 6 aliphatic rings. The molecule has 6 heterocycles. The van der Waals surface area contributed by atoms with Gasteiger partial charge in [0, 0.05) is 35.3 Å². The smallest absolute Gasteiger partial charge is 0.415 e. The van der Waals surface area contributed by atoms with Crippen LogP contribution in [0.25, 0.3) is 0 Å². The van der Waals surface area contributed by atoms with Crippen molar-refractivity contribution >= 4 is 103 Å². The molecule has 6 fully saturated rings. The Kier molecular flexibility index (Phi) is 13.8. The van der Waals surface area contributed by atoms with Gasteiger partial charge in [0.25, 0.3) is 0 Å². The zero-order valence-corrected chi connectivity index (χ0v) is 57.6. The van der Waals surface area contributed by atoms with E-state index in [0.717, 1.165) is 0 Å². The summed E-state index contributed by atoms with van der Waals surface area (Å²) in [7, 11) is -49.0. The molecular weight excluding hydrogens is 1020 g/mol. The first-order chi connectivity index (χ1) is 27.6. The molecule has 0 unspecified atom stereocenters. The summed E-state index contributed by atoms with van der Waals surface area (Å²) in [5.41, 5.74) is 0. The predicted octanol–water partition coefficient (Wildman–Crippen LogP) is 11.9. The van der Waals surface area contributed by atoms with Gasteiger partial charge in [-0.2, -0.15) is 0 Å². The van der Waals surface area contributed by atoms with Crippen LogP contribution in [0.5, 0.6) is 0 Å². The van der Waals surface area contributed by atoms with E-state index in [4.69, 9.17) is 61.7 Å². The van der Waals surface area contributed by atoms with Crippen molar-refractivity contribution in [1.29, 1.82) is 0 Å². The fourth-order valence-corrected chi connectivity index (χ4v) is 96.1. The molecule has 376 valence electrons. The first-order valence-electron chi connectivity index (χ1n) is 23.1. The van der Waals surface area contributed by atoms with E-state index in [1.807, 2.05) is 0 Å². The Morgan fingerprint density at radius 2 is 0.359 bits per heavy atom. The molecule has 8 bridgehead atoms. The zero-order chi connectivity index (χ0) is 50.1. The molecule has 0 atom stereocenters. The molecule has 27 heteroatoms. The highest BCUT2D eigenvalue weighted by Crippen LogP contribution is 2.68. The van der Waals surface area contributed by atoms with Crippen LogP contribution in [0, 0.1) is 0 Å². The lowest BCUT2D eigenvalue weighted by Crippen LogP contribution is -2.96. The molecule has 0 aliphatic carbocycles. The van der Waals surface area contributed by atoms with Gasteiger partial charge in [-0.25, -0.2) is 0 Å². The molecular formula is C37H90O15Si12. The predicted molar refractivity (Wildman–Crippen MR) is 276 cm³/mol. The quantitative estimate of drug-likeness (QED) is 0.223. The van der Waals surface area contributed by atoms with Crippen LogP contribution in [0.3, 0.4) is 0 Å². The van der Waals surface area contributed by atoms with Gasteiger partial charge in [-0.05, 0) is 58.9 Å². The minimum Gasteiger partial charge on any atom is -0.415 e. The highest BCUT2D eigenvalue weighted by atomic mass is 29.3. The molecule has 15 nitrogen and oxygen atoms in total. The van der Waals surface area contributed by atoms with E-state index in [1.165, 1.54) is 0 Å². The van der Waals surface area contributed by atoms with Gasteiger partial charge in [-0.15, -0.1) is 0 Å². The molecule has 0 aromatic rings. The molecule has 0 radical (unpaired) electrons. The van der Waals surface area contributed by atoms with Crippen molar-refractivity contribution in [2.24, 2.45) is 0 Å². The van der Waals surface area contributed by atoms with E-state index < -0.39 is 138 Å². The van der Waals surface area contributed by atoms with Crippen molar-refractivity contribution in [2.45, 2.75) is 240 Å². The molecule has 0 spiro atoms. The van der Waals surface area contributed by atoms with E-state index in [1.54, 1.807) is 0 Å². The van der Waals surface area contributed by atoms with E-state index in [9.17, 15) is 0 Å². The monoisotopic (exact) mass is 1110 g/mol. The minimum absolute atomic E-state index is 0.829. The first kappa shape index (κ1) is 56.9. The third kappa shape index (κ3) is 9.45. The summed E-state index contributed by atoms with van der Waals surface area (Å²) in [6, 6.07) is 0. The zero-order valence-electron chi connectivity index (χ0n) is 45.6. The average Bonchev–Trinajstić information content (AvgIpc) is 2.87. The molecule has 6 saturated heterocycles. The van der Waals surface area contributed by atoms with Gasteiger partial charge in [0.2, 0.25) is 0 Å². The van der Waals surface area contributed by atoms with Gasteiger partial charge in [-0.1, -0.05) is 145 Å². The summed E-state index contributed by atoms with van der Waals surface area (Å²) in [5.74, 6) is 0. The summed E-state index contributed by atoms with van der Waals surface area (Å²) in [6.07, 6.45) is 0. The highest BCUT2D eigenvalue weighted by molar-refractivity contribution is 7.35. The number of rotatable bonds is 7. The third-order valence-corrected chi connectivity index (χ3v) is 69.1. The standard InChI is InChI=1S/C37H90O15Si12/c1-31(2,3)56-41-57(32(4,5)6)44-60(35(13,14)15)46-58(42-56,33(7,8)9)48-62(37(19,20)21)49-59(43-56,34(10,11)12)47-61(45-57,36(16,17)18)51-64(50-60,52-62)63(38-53(22,23)24,39-54(25,26)27)40-55(28,29)30/h1-30H3. The van der Waals surface area contributed by atoms with Crippen molar-refractivity contribution in [1.82, 2.24) is 0 Å². The molecule has 0 N–H and O–H groups in total. The maximum Gasteiger partial charge on any atom is 0.553 e. The summed E-state index contributed by atoms with van der Waals surface area (Å²) in [5, 5.41) is -6.22.